The van der Waals surface area contributed by atoms with E-state index in [-0.39, 0.29) is 35.1 Å². The van der Waals surface area contributed by atoms with Gasteiger partial charge in [0.1, 0.15) is 11.5 Å². The van der Waals surface area contributed by atoms with Gasteiger partial charge in [0.05, 0.1) is 43.9 Å². The van der Waals surface area contributed by atoms with Crippen molar-refractivity contribution in [1.29, 1.82) is 0 Å². The minimum absolute atomic E-state index is 0.0101. The van der Waals surface area contributed by atoms with Gasteiger partial charge in [0.25, 0.3) is 5.91 Å². The van der Waals surface area contributed by atoms with E-state index in [0.29, 0.717) is 22.4 Å². The molecule has 9 heteroatoms. The number of carbonyl (C=O) groups is 1. The molecular formula is C22H24N2O5S2. The average Bonchev–Trinajstić information content (AvgIpc) is 3.19. The van der Waals surface area contributed by atoms with E-state index in [1.54, 1.807) is 32.4 Å². The lowest BCUT2D eigenvalue weighted by Gasteiger charge is -2.26. The van der Waals surface area contributed by atoms with Gasteiger partial charge in [0.15, 0.2) is 15.0 Å². The van der Waals surface area contributed by atoms with Gasteiger partial charge in [-0.05, 0) is 24.6 Å². The second-order valence-electron chi connectivity index (χ2n) is 7.66. The van der Waals surface area contributed by atoms with Gasteiger partial charge in [-0.2, -0.15) is 4.99 Å². The molecular weight excluding hydrogens is 436 g/mol. The zero-order valence-electron chi connectivity index (χ0n) is 17.6. The van der Waals surface area contributed by atoms with Crippen LogP contribution in [0.25, 0.3) is 0 Å². The van der Waals surface area contributed by atoms with Crippen LogP contribution in [0.2, 0.25) is 0 Å². The maximum Gasteiger partial charge on any atom is 0.252 e. The van der Waals surface area contributed by atoms with Crippen molar-refractivity contribution < 1.29 is 22.7 Å². The first-order valence-electron chi connectivity index (χ1n) is 9.85. The number of anilines is 1. The van der Waals surface area contributed by atoms with E-state index in [1.165, 1.54) is 11.8 Å². The maximum absolute atomic E-state index is 12.8. The molecule has 7 nitrogen and oxygen atoms in total. The monoisotopic (exact) mass is 460 g/mol. The van der Waals surface area contributed by atoms with Crippen molar-refractivity contribution in [2.24, 2.45) is 4.99 Å². The van der Waals surface area contributed by atoms with Crippen LogP contribution in [0.4, 0.5) is 5.69 Å². The minimum Gasteiger partial charge on any atom is -0.497 e. The van der Waals surface area contributed by atoms with Gasteiger partial charge >= 0.3 is 0 Å². The highest BCUT2D eigenvalue weighted by Gasteiger charge is 2.50. The van der Waals surface area contributed by atoms with Crippen molar-refractivity contribution in [3.8, 4) is 11.5 Å². The van der Waals surface area contributed by atoms with Gasteiger partial charge in [0.2, 0.25) is 0 Å². The zero-order valence-corrected chi connectivity index (χ0v) is 19.2. The maximum atomic E-state index is 12.8. The quantitative estimate of drug-likeness (QED) is 0.678. The van der Waals surface area contributed by atoms with E-state index in [0.717, 1.165) is 11.1 Å². The van der Waals surface area contributed by atoms with Crippen LogP contribution in [0.3, 0.4) is 0 Å². The SMILES string of the molecule is COc1ccc(OC)c(N2C(=NC(=O)Cc3ccc(C)cc3)SC3CS(=O)(=O)CC32)c1. The Kier molecular flexibility index (Phi) is 5.98. The molecule has 0 saturated carbocycles. The average molecular weight is 461 g/mol. The first-order valence-corrected chi connectivity index (χ1v) is 12.5. The molecule has 2 fully saturated rings. The number of sulfone groups is 1. The first kappa shape index (κ1) is 21.7. The molecule has 2 aromatic carbocycles. The lowest BCUT2D eigenvalue weighted by molar-refractivity contribution is -0.117. The number of benzene rings is 2. The Hall–Kier alpha value is -2.52. The highest BCUT2D eigenvalue weighted by molar-refractivity contribution is 8.16. The molecule has 2 atom stereocenters. The number of amidine groups is 1. The third-order valence-corrected chi connectivity index (χ3v) is 8.62. The number of hydrogen-bond donors (Lipinski definition) is 0. The number of nitrogens with zero attached hydrogens (tertiary/aromatic N) is 2. The second-order valence-corrected chi connectivity index (χ2v) is 11.0. The van der Waals surface area contributed by atoms with Crippen LogP contribution in [-0.4, -0.2) is 56.5 Å². The number of methoxy groups -OCH3 is 2. The zero-order chi connectivity index (χ0) is 22.2. The molecule has 2 unspecified atom stereocenters. The summed E-state index contributed by atoms with van der Waals surface area (Å²) in [4.78, 5) is 19.0. The van der Waals surface area contributed by atoms with E-state index in [9.17, 15) is 13.2 Å². The molecule has 164 valence electrons. The van der Waals surface area contributed by atoms with Crippen molar-refractivity contribution in [2.45, 2.75) is 24.6 Å². The molecule has 2 aromatic rings. The fraction of sp³-hybridized carbons (Fsp3) is 0.364. The highest BCUT2D eigenvalue weighted by atomic mass is 32.2. The summed E-state index contributed by atoms with van der Waals surface area (Å²) in [7, 11) is -0.0456. The molecule has 0 radical (unpaired) electrons. The van der Waals surface area contributed by atoms with Gasteiger partial charge < -0.3 is 14.4 Å². The van der Waals surface area contributed by atoms with Crippen molar-refractivity contribution >= 4 is 38.4 Å². The van der Waals surface area contributed by atoms with Crippen LogP contribution in [0.15, 0.2) is 47.5 Å². The number of hydrogen-bond acceptors (Lipinski definition) is 6. The number of carbonyl (C=O) groups excluding carboxylic acids is 1. The summed E-state index contributed by atoms with van der Waals surface area (Å²) in [5.41, 5.74) is 2.65. The predicted octanol–water partition coefficient (Wildman–Crippen LogP) is 2.86. The number of amides is 1. The van der Waals surface area contributed by atoms with Gasteiger partial charge in [-0.25, -0.2) is 8.42 Å². The lowest BCUT2D eigenvalue weighted by Crippen LogP contribution is -2.38. The Morgan fingerprint density at radius 1 is 1.13 bits per heavy atom. The van der Waals surface area contributed by atoms with Crippen molar-refractivity contribution in [3.63, 3.8) is 0 Å². The molecule has 4 rings (SSSR count). The summed E-state index contributed by atoms with van der Waals surface area (Å²) >= 11 is 1.34. The summed E-state index contributed by atoms with van der Waals surface area (Å²) in [6.07, 6.45) is 0.182. The van der Waals surface area contributed by atoms with Crippen LogP contribution >= 0.6 is 11.8 Å². The summed E-state index contributed by atoms with van der Waals surface area (Å²) < 4.78 is 35.5. The van der Waals surface area contributed by atoms with Gasteiger partial charge in [-0.3, -0.25) is 4.79 Å². The van der Waals surface area contributed by atoms with E-state index >= 15 is 0 Å². The molecule has 0 N–H and O–H groups in total. The number of aliphatic imine (C=N–C) groups is 1. The molecule has 2 aliphatic rings. The summed E-state index contributed by atoms with van der Waals surface area (Å²) in [6.45, 7) is 1.99. The van der Waals surface area contributed by atoms with E-state index in [4.69, 9.17) is 9.47 Å². The minimum atomic E-state index is -3.16. The standard InChI is InChI=1S/C22H24N2O5S2/c1-14-4-6-15(7-5-14)10-21(25)23-22-24(18-12-31(26,27)13-20(18)30-22)17-11-16(28-2)8-9-19(17)29-3/h4-9,11,18,20H,10,12-13H2,1-3H3. The molecule has 31 heavy (non-hydrogen) atoms. The fourth-order valence-electron chi connectivity index (χ4n) is 3.86. The molecule has 0 aliphatic carbocycles. The summed E-state index contributed by atoms with van der Waals surface area (Å²) in [5, 5.41) is 0.306. The Labute approximate surface area is 186 Å². The molecule has 0 bridgehead atoms. The number of ether oxygens (including phenoxy) is 2. The number of thioether (sulfide) groups is 1. The summed E-state index contributed by atoms with van der Waals surface area (Å²) in [5.74, 6) is 0.966. The Balaban J connectivity index is 1.70. The number of fused-ring (bicyclic) bond motifs is 1. The normalized spacial score (nSPS) is 23.1. The predicted molar refractivity (Wildman–Crippen MR) is 123 cm³/mol. The Morgan fingerprint density at radius 3 is 2.55 bits per heavy atom. The third-order valence-electron chi connectivity index (χ3n) is 5.41. The number of aryl methyl sites for hydroxylation is 1. The van der Waals surface area contributed by atoms with E-state index in [2.05, 4.69) is 4.99 Å². The molecule has 2 aliphatic heterocycles. The third kappa shape index (κ3) is 4.57. The molecule has 2 saturated heterocycles. The Morgan fingerprint density at radius 2 is 1.87 bits per heavy atom. The largest absolute Gasteiger partial charge is 0.497 e. The van der Waals surface area contributed by atoms with Crippen LogP contribution in [-0.2, 0) is 21.1 Å². The van der Waals surface area contributed by atoms with Crippen LogP contribution in [0.5, 0.6) is 11.5 Å². The second kappa shape index (κ2) is 8.55. The topological polar surface area (TPSA) is 85.3 Å². The summed E-state index contributed by atoms with van der Waals surface area (Å²) in [6, 6.07) is 12.8. The van der Waals surface area contributed by atoms with Crippen LogP contribution in [0.1, 0.15) is 11.1 Å². The molecule has 2 heterocycles. The van der Waals surface area contributed by atoms with Gasteiger partial charge in [-0.1, -0.05) is 41.6 Å². The van der Waals surface area contributed by atoms with Gasteiger partial charge in [0, 0.05) is 11.3 Å². The fourth-order valence-corrected chi connectivity index (χ4v) is 7.78. The lowest BCUT2D eigenvalue weighted by atomic mass is 10.1. The molecule has 1 amide bonds. The smallest absolute Gasteiger partial charge is 0.252 e. The highest BCUT2D eigenvalue weighted by Crippen LogP contribution is 2.45. The molecule has 0 aromatic heterocycles. The van der Waals surface area contributed by atoms with Crippen molar-refractivity contribution in [2.75, 3.05) is 30.6 Å². The Bertz CT molecular complexity index is 1130. The van der Waals surface area contributed by atoms with Gasteiger partial charge in [-0.15, -0.1) is 0 Å². The molecule has 0 spiro atoms. The van der Waals surface area contributed by atoms with Crippen molar-refractivity contribution in [3.05, 3.63) is 53.6 Å². The number of rotatable bonds is 5. The van der Waals surface area contributed by atoms with Crippen LogP contribution in [0, 0.1) is 6.92 Å². The van der Waals surface area contributed by atoms with Crippen LogP contribution < -0.4 is 14.4 Å². The van der Waals surface area contributed by atoms with Crippen molar-refractivity contribution in [1.82, 2.24) is 0 Å². The van der Waals surface area contributed by atoms with E-state index < -0.39 is 9.84 Å². The van der Waals surface area contributed by atoms with E-state index in [1.807, 2.05) is 36.1 Å². The first-order chi connectivity index (χ1) is 14.8.